The normalized spacial score (nSPS) is 22.1. The Morgan fingerprint density at radius 3 is 2.75 bits per heavy atom. The second-order valence-corrected chi connectivity index (χ2v) is 6.54. The molecule has 3 rings (SSSR count). The molecule has 2 heterocycles. The lowest BCUT2D eigenvalue weighted by Crippen LogP contribution is -2.34. The molecule has 0 radical (unpaired) electrons. The first-order valence-corrected chi connectivity index (χ1v) is 9.14. The van der Waals surface area contributed by atoms with Crippen molar-refractivity contribution in [2.75, 3.05) is 6.61 Å². The van der Waals surface area contributed by atoms with Gasteiger partial charge in [-0.25, -0.2) is 9.59 Å². The Balaban J connectivity index is 1.82. The summed E-state index contributed by atoms with van der Waals surface area (Å²) in [7, 11) is -3.18. The zero-order chi connectivity index (χ0) is 20.3. The second kappa shape index (κ2) is 8.53. The van der Waals surface area contributed by atoms with Gasteiger partial charge in [-0.15, -0.1) is 4.52 Å². The van der Waals surface area contributed by atoms with Gasteiger partial charge in [0.1, 0.15) is 25.0 Å². The van der Waals surface area contributed by atoms with Crippen LogP contribution in [0.15, 0.2) is 46.1 Å². The molecule has 28 heavy (non-hydrogen) atoms. The van der Waals surface area contributed by atoms with Crippen LogP contribution in [0.3, 0.4) is 0 Å². The lowest BCUT2D eigenvalue weighted by Gasteiger charge is -2.16. The van der Waals surface area contributed by atoms with Crippen LogP contribution in [0.4, 0.5) is 4.39 Å². The number of rotatable bonds is 6. The maximum atomic E-state index is 13.5. The maximum absolute atomic E-state index is 13.5. The molecule has 1 aromatic heterocycles. The number of aromatic nitrogens is 2. The van der Waals surface area contributed by atoms with Gasteiger partial charge in [0.15, 0.2) is 0 Å². The van der Waals surface area contributed by atoms with Crippen molar-refractivity contribution in [3.63, 3.8) is 0 Å². The maximum Gasteiger partial charge on any atom is 0.488 e. The first-order chi connectivity index (χ1) is 13.3. The molecule has 1 aromatic carbocycles. The molecule has 0 bridgehead atoms. The second-order valence-electron chi connectivity index (χ2n) is 5.84. The number of aromatic amines is 1. The minimum Gasteiger partial charge on any atom is -0.566 e. The van der Waals surface area contributed by atoms with Crippen LogP contribution in [0.25, 0.3) is 0 Å². The Hall–Kier alpha value is -2.72. The summed E-state index contributed by atoms with van der Waals surface area (Å²) in [4.78, 5) is 47.9. The molecule has 1 N–H and O–H groups in total. The van der Waals surface area contributed by atoms with E-state index >= 15 is 0 Å². The largest absolute Gasteiger partial charge is 0.566 e. The van der Waals surface area contributed by atoms with Crippen LogP contribution in [0.5, 0.6) is 0 Å². The standard InChI is InChI=1S/C16H14FN2O8P/c17-10-7-19(16(22)18-14(10)20)13-6-11(12(26-13)8-25-28(23)24)27-15(21)9-4-2-1-3-5-9/h1-5,7,11-13H,6,8H2,(H,18,20,22)/t11-,12+,13+/m0/s1. The SMILES string of the molecule is O=C(O[C@H]1C[C@H](n2cc(F)c(=O)[nH]c2=O)O[C@@H]1CO[P+](=O)[O-])c1ccccc1. The molecule has 1 fully saturated rings. The number of H-pyrrole nitrogens is 1. The Morgan fingerprint density at radius 1 is 1.36 bits per heavy atom. The molecule has 1 aliphatic rings. The first kappa shape index (κ1) is 20.0. The number of nitrogens with zero attached hydrogens (tertiary/aromatic N) is 1. The quantitative estimate of drug-likeness (QED) is 0.525. The zero-order valence-electron chi connectivity index (χ0n) is 14.1. The van der Waals surface area contributed by atoms with Gasteiger partial charge in [-0.3, -0.25) is 14.3 Å². The summed E-state index contributed by atoms with van der Waals surface area (Å²) in [5.74, 6) is -1.89. The van der Waals surface area contributed by atoms with Crippen molar-refractivity contribution in [3.8, 4) is 0 Å². The summed E-state index contributed by atoms with van der Waals surface area (Å²) < 4.78 is 40.4. The van der Waals surface area contributed by atoms with E-state index in [1.807, 2.05) is 0 Å². The van der Waals surface area contributed by atoms with Crippen LogP contribution in [0, 0.1) is 5.82 Å². The van der Waals surface area contributed by atoms with Crippen LogP contribution >= 0.6 is 8.25 Å². The third kappa shape index (κ3) is 4.57. The van der Waals surface area contributed by atoms with Crippen molar-refractivity contribution in [1.82, 2.24) is 9.55 Å². The Bertz CT molecular complexity index is 992. The molecule has 4 atom stereocenters. The zero-order valence-corrected chi connectivity index (χ0v) is 15.0. The Labute approximate surface area is 157 Å². The van der Waals surface area contributed by atoms with E-state index in [2.05, 4.69) is 4.52 Å². The number of hydrogen-bond donors (Lipinski definition) is 1. The van der Waals surface area contributed by atoms with Crippen LogP contribution in [-0.2, 0) is 18.6 Å². The molecule has 10 nitrogen and oxygen atoms in total. The Kier molecular flexibility index (Phi) is 6.10. The highest BCUT2D eigenvalue weighted by atomic mass is 31.1. The van der Waals surface area contributed by atoms with Gasteiger partial charge in [0, 0.05) is 6.42 Å². The highest BCUT2D eigenvalue weighted by Gasteiger charge is 2.41. The molecule has 0 saturated carbocycles. The fourth-order valence-electron chi connectivity index (χ4n) is 2.73. The summed E-state index contributed by atoms with van der Waals surface area (Å²) in [6.07, 6.45) is -2.54. The smallest absolute Gasteiger partial charge is 0.488 e. The molecule has 0 amide bonds. The van der Waals surface area contributed by atoms with E-state index in [4.69, 9.17) is 9.47 Å². The highest BCUT2D eigenvalue weighted by Crippen LogP contribution is 2.31. The van der Waals surface area contributed by atoms with Gasteiger partial charge in [-0.2, -0.15) is 4.39 Å². The fourth-order valence-corrected chi connectivity index (χ4v) is 3.00. The highest BCUT2D eigenvalue weighted by molar-refractivity contribution is 7.30. The monoisotopic (exact) mass is 412 g/mol. The summed E-state index contributed by atoms with van der Waals surface area (Å²) in [5, 5.41) is 0. The molecule has 148 valence electrons. The van der Waals surface area contributed by atoms with Gasteiger partial charge in [-0.1, -0.05) is 18.2 Å². The minimum atomic E-state index is -3.18. The van der Waals surface area contributed by atoms with Crippen molar-refractivity contribution in [1.29, 1.82) is 0 Å². The number of benzene rings is 1. The number of ether oxygens (including phenoxy) is 2. The van der Waals surface area contributed by atoms with Crippen molar-refractivity contribution < 1.29 is 32.6 Å². The predicted octanol–water partition coefficient (Wildman–Crippen LogP) is 0.223. The summed E-state index contributed by atoms with van der Waals surface area (Å²) in [6.45, 7) is -0.470. The number of nitrogens with one attached hydrogen (secondary N) is 1. The van der Waals surface area contributed by atoms with Crippen LogP contribution in [-0.4, -0.2) is 34.3 Å². The van der Waals surface area contributed by atoms with Gasteiger partial charge in [0.2, 0.25) is 5.82 Å². The molecule has 1 unspecified atom stereocenters. The molecule has 1 saturated heterocycles. The number of halogens is 1. The van der Waals surface area contributed by atoms with Crippen molar-refractivity contribution in [3.05, 3.63) is 68.7 Å². The van der Waals surface area contributed by atoms with E-state index in [1.54, 1.807) is 23.2 Å². The van der Waals surface area contributed by atoms with E-state index in [9.17, 15) is 28.2 Å². The minimum absolute atomic E-state index is 0.0897. The molecule has 2 aromatic rings. The number of hydrogen-bond acceptors (Lipinski definition) is 8. The average molecular weight is 412 g/mol. The summed E-state index contributed by atoms with van der Waals surface area (Å²) >= 11 is 0. The van der Waals surface area contributed by atoms with Crippen molar-refractivity contribution in [2.24, 2.45) is 0 Å². The van der Waals surface area contributed by atoms with E-state index < -0.39 is 56.3 Å². The summed E-state index contributed by atoms with van der Waals surface area (Å²) in [5.41, 5.74) is -1.86. The Morgan fingerprint density at radius 2 is 2.07 bits per heavy atom. The number of carbonyl (C=O) groups is 1. The van der Waals surface area contributed by atoms with Gasteiger partial charge in [-0.05, 0) is 16.7 Å². The van der Waals surface area contributed by atoms with Crippen LogP contribution < -0.4 is 16.1 Å². The molecular weight excluding hydrogens is 398 g/mol. The molecular formula is C16H14FN2O8P. The first-order valence-electron chi connectivity index (χ1n) is 8.05. The third-order valence-electron chi connectivity index (χ3n) is 4.03. The fraction of sp³-hybridized carbons (Fsp3) is 0.312. The van der Waals surface area contributed by atoms with E-state index in [0.717, 1.165) is 4.57 Å². The predicted molar refractivity (Wildman–Crippen MR) is 89.0 cm³/mol. The van der Waals surface area contributed by atoms with Crippen molar-refractivity contribution in [2.45, 2.75) is 24.9 Å². The third-order valence-corrected chi connectivity index (χ3v) is 4.39. The van der Waals surface area contributed by atoms with Gasteiger partial charge in [0.05, 0.1) is 11.8 Å². The molecule has 1 aliphatic heterocycles. The number of esters is 1. The lowest BCUT2D eigenvalue weighted by atomic mass is 10.1. The molecule has 0 spiro atoms. The van der Waals surface area contributed by atoms with Crippen LogP contribution in [0.1, 0.15) is 23.0 Å². The lowest BCUT2D eigenvalue weighted by molar-refractivity contribution is -0.189. The molecule has 12 heteroatoms. The number of carbonyl (C=O) groups excluding carboxylic acids is 1. The molecule has 0 aliphatic carbocycles. The van der Waals surface area contributed by atoms with Crippen molar-refractivity contribution >= 4 is 14.2 Å². The van der Waals surface area contributed by atoms with Gasteiger partial charge in [0.25, 0.3) is 5.56 Å². The van der Waals surface area contributed by atoms with Crippen LogP contribution in [0.2, 0.25) is 0 Å². The van der Waals surface area contributed by atoms with E-state index in [-0.39, 0.29) is 12.0 Å². The topological polar surface area (TPSA) is 140 Å². The van der Waals surface area contributed by atoms with Gasteiger partial charge >= 0.3 is 19.9 Å². The van der Waals surface area contributed by atoms with E-state index in [0.29, 0.717) is 6.20 Å². The average Bonchev–Trinajstić information content (AvgIpc) is 3.06. The summed E-state index contributed by atoms with van der Waals surface area (Å²) in [6, 6.07) is 8.03. The van der Waals surface area contributed by atoms with Gasteiger partial charge < -0.3 is 14.4 Å². The van der Waals surface area contributed by atoms with E-state index in [1.165, 1.54) is 12.1 Å².